The normalized spacial score (nSPS) is 10.6. The third-order valence-corrected chi connectivity index (χ3v) is 2.36. The second-order valence-corrected chi connectivity index (χ2v) is 3.80. The molecule has 0 fully saturated rings. The lowest BCUT2D eigenvalue weighted by molar-refractivity contribution is -0.123. The van der Waals surface area contributed by atoms with Gasteiger partial charge in [-0.25, -0.2) is 0 Å². The fraction of sp³-hybridized carbons (Fsp3) is 0.273. The van der Waals surface area contributed by atoms with E-state index in [-0.39, 0.29) is 0 Å². The van der Waals surface area contributed by atoms with Crippen molar-refractivity contribution < 1.29 is 13.2 Å². The van der Waals surface area contributed by atoms with Gasteiger partial charge in [-0.1, -0.05) is 30.0 Å². The van der Waals surface area contributed by atoms with E-state index in [9.17, 15) is 13.2 Å². The van der Waals surface area contributed by atoms with Crippen molar-refractivity contribution in [2.75, 3.05) is 5.75 Å². The monoisotopic (exact) mass is 230 g/mol. The summed E-state index contributed by atoms with van der Waals surface area (Å²) in [4.78, 5) is 1.01. The van der Waals surface area contributed by atoms with Gasteiger partial charge >= 0.3 is 6.18 Å². The molecule has 1 rings (SSSR count). The van der Waals surface area contributed by atoms with Gasteiger partial charge in [-0.2, -0.15) is 13.2 Å². The summed E-state index contributed by atoms with van der Waals surface area (Å²) in [7, 11) is 0. The van der Waals surface area contributed by atoms with Crippen molar-refractivity contribution in [1.82, 2.24) is 0 Å². The van der Waals surface area contributed by atoms with Gasteiger partial charge in [-0.05, 0) is 12.1 Å². The molecule has 1 aromatic carbocycles. The Hall–Kier alpha value is -1.08. The smallest absolute Gasteiger partial charge is 0.170 e. The van der Waals surface area contributed by atoms with E-state index in [1.54, 1.807) is 0 Å². The molecule has 0 saturated heterocycles. The van der Waals surface area contributed by atoms with Crippen LogP contribution < -0.4 is 0 Å². The number of benzene rings is 1. The van der Waals surface area contributed by atoms with Crippen molar-refractivity contribution in [3.63, 3.8) is 0 Å². The SMILES string of the molecule is FC(F)(F)CC#CCSc1ccccc1. The number of alkyl halides is 3. The first-order chi connectivity index (χ1) is 7.08. The molecule has 0 aromatic heterocycles. The molecule has 0 bridgehead atoms. The molecule has 0 aliphatic heterocycles. The van der Waals surface area contributed by atoms with Gasteiger partial charge in [0.05, 0.1) is 5.75 Å². The quantitative estimate of drug-likeness (QED) is 0.551. The van der Waals surface area contributed by atoms with Crippen molar-refractivity contribution in [3.8, 4) is 11.8 Å². The lowest BCUT2D eigenvalue weighted by Crippen LogP contribution is -2.04. The Kier molecular flexibility index (Phi) is 4.57. The Morgan fingerprint density at radius 3 is 2.33 bits per heavy atom. The number of thioether (sulfide) groups is 1. The van der Waals surface area contributed by atoms with Crippen molar-refractivity contribution in [2.24, 2.45) is 0 Å². The molecule has 0 atom stereocenters. The molecule has 15 heavy (non-hydrogen) atoms. The standard InChI is InChI=1S/C11H9F3S/c12-11(13,14)8-4-5-9-15-10-6-2-1-3-7-10/h1-3,6-7H,8-9H2. The third kappa shape index (κ3) is 6.08. The minimum atomic E-state index is -4.18. The van der Waals surface area contributed by atoms with E-state index in [1.165, 1.54) is 11.8 Å². The van der Waals surface area contributed by atoms with E-state index < -0.39 is 12.6 Å². The molecule has 0 saturated carbocycles. The molecule has 0 spiro atoms. The predicted molar refractivity (Wildman–Crippen MR) is 55.6 cm³/mol. The summed E-state index contributed by atoms with van der Waals surface area (Å²) in [5.74, 6) is 4.97. The third-order valence-electron chi connectivity index (χ3n) is 1.47. The first-order valence-corrected chi connectivity index (χ1v) is 5.27. The first-order valence-electron chi connectivity index (χ1n) is 4.28. The molecule has 0 nitrogen and oxygen atoms in total. The average Bonchev–Trinajstić information content (AvgIpc) is 2.17. The fourth-order valence-corrected chi connectivity index (χ4v) is 1.54. The molecule has 4 heteroatoms. The van der Waals surface area contributed by atoms with Crippen LogP contribution in [0.25, 0.3) is 0 Å². The van der Waals surface area contributed by atoms with Crippen LogP contribution in [0.2, 0.25) is 0 Å². The molecular formula is C11H9F3S. The molecule has 0 amide bonds. The zero-order valence-electron chi connectivity index (χ0n) is 7.84. The van der Waals surface area contributed by atoms with Crippen molar-refractivity contribution in [1.29, 1.82) is 0 Å². The molecule has 0 radical (unpaired) electrons. The Bertz CT molecular complexity index is 346. The molecule has 0 N–H and O–H groups in total. The maximum atomic E-state index is 11.7. The minimum absolute atomic E-state index is 0.389. The summed E-state index contributed by atoms with van der Waals surface area (Å²) in [6, 6.07) is 9.45. The highest BCUT2D eigenvalue weighted by Gasteiger charge is 2.24. The van der Waals surface area contributed by atoms with E-state index in [4.69, 9.17) is 0 Å². The van der Waals surface area contributed by atoms with Crippen LogP contribution in [0.4, 0.5) is 13.2 Å². The van der Waals surface area contributed by atoms with Crippen LogP contribution in [-0.2, 0) is 0 Å². The highest BCUT2D eigenvalue weighted by molar-refractivity contribution is 7.99. The zero-order valence-corrected chi connectivity index (χ0v) is 8.66. The van der Waals surface area contributed by atoms with E-state index in [1.807, 2.05) is 30.3 Å². The Balaban J connectivity index is 2.28. The van der Waals surface area contributed by atoms with Crippen LogP contribution in [0.5, 0.6) is 0 Å². The van der Waals surface area contributed by atoms with E-state index in [0.717, 1.165) is 4.90 Å². The van der Waals surface area contributed by atoms with Crippen LogP contribution in [-0.4, -0.2) is 11.9 Å². The minimum Gasteiger partial charge on any atom is -0.170 e. The van der Waals surface area contributed by atoms with Gasteiger partial charge in [-0.15, -0.1) is 11.8 Å². The lowest BCUT2D eigenvalue weighted by Gasteiger charge is -1.98. The fourth-order valence-electron chi connectivity index (χ4n) is 0.850. The lowest BCUT2D eigenvalue weighted by atomic mass is 10.4. The predicted octanol–water partition coefficient (Wildman–Crippen LogP) is 3.73. The number of halogens is 3. The van der Waals surface area contributed by atoms with Crippen LogP contribution in [0.1, 0.15) is 6.42 Å². The van der Waals surface area contributed by atoms with E-state index in [2.05, 4.69) is 11.8 Å². The summed E-state index contributed by atoms with van der Waals surface area (Å²) in [5.41, 5.74) is 0. The van der Waals surface area contributed by atoms with Crippen LogP contribution >= 0.6 is 11.8 Å². The Labute approximate surface area is 90.9 Å². The van der Waals surface area contributed by atoms with E-state index in [0.29, 0.717) is 5.75 Å². The van der Waals surface area contributed by atoms with Gasteiger partial charge in [0.2, 0.25) is 0 Å². The summed E-state index contributed by atoms with van der Waals surface area (Å²) in [6.45, 7) is 0. The summed E-state index contributed by atoms with van der Waals surface area (Å²) >= 11 is 1.43. The van der Waals surface area contributed by atoms with Crippen molar-refractivity contribution in [3.05, 3.63) is 30.3 Å². The Morgan fingerprint density at radius 1 is 1.07 bits per heavy atom. The number of hydrogen-bond donors (Lipinski definition) is 0. The second-order valence-electron chi connectivity index (χ2n) is 2.75. The maximum Gasteiger partial charge on any atom is 0.399 e. The largest absolute Gasteiger partial charge is 0.399 e. The zero-order chi connectivity index (χ0) is 11.1. The van der Waals surface area contributed by atoms with Crippen LogP contribution in [0.3, 0.4) is 0 Å². The molecular weight excluding hydrogens is 221 g/mol. The van der Waals surface area contributed by atoms with Gasteiger partial charge in [0.15, 0.2) is 0 Å². The highest BCUT2D eigenvalue weighted by atomic mass is 32.2. The highest BCUT2D eigenvalue weighted by Crippen LogP contribution is 2.19. The summed E-state index contributed by atoms with van der Waals surface area (Å²) in [5, 5.41) is 0. The van der Waals surface area contributed by atoms with Gasteiger partial charge in [-0.3, -0.25) is 0 Å². The maximum absolute atomic E-state index is 11.7. The second kappa shape index (κ2) is 5.72. The topological polar surface area (TPSA) is 0 Å². The molecule has 0 aliphatic rings. The molecule has 0 heterocycles. The summed E-state index contributed by atoms with van der Waals surface area (Å²) in [6.07, 6.45) is -5.20. The van der Waals surface area contributed by atoms with Crippen molar-refractivity contribution >= 4 is 11.8 Å². The number of hydrogen-bond acceptors (Lipinski definition) is 1. The first kappa shape index (κ1) is 12.0. The van der Waals surface area contributed by atoms with Crippen molar-refractivity contribution in [2.45, 2.75) is 17.5 Å². The van der Waals surface area contributed by atoms with E-state index >= 15 is 0 Å². The molecule has 0 aliphatic carbocycles. The van der Waals surface area contributed by atoms with Crippen LogP contribution in [0.15, 0.2) is 35.2 Å². The summed E-state index contributed by atoms with van der Waals surface area (Å²) < 4.78 is 35.1. The number of rotatable bonds is 2. The van der Waals surface area contributed by atoms with Gasteiger partial charge in [0.1, 0.15) is 6.42 Å². The molecule has 80 valence electrons. The van der Waals surface area contributed by atoms with Gasteiger partial charge < -0.3 is 0 Å². The molecule has 0 unspecified atom stereocenters. The van der Waals surface area contributed by atoms with Crippen LogP contribution in [0, 0.1) is 11.8 Å². The Morgan fingerprint density at radius 2 is 1.73 bits per heavy atom. The van der Waals surface area contributed by atoms with Gasteiger partial charge in [0, 0.05) is 4.90 Å². The average molecular weight is 230 g/mol. The molecule has 1 aromatic rings. The van der Waals surface area contributed by atoms with Gasteiger partial charge in [0.25, 0.3) is 0 Å².